The van der Waals surface area contributed by atoms with Crippen LogP contribution < -0.4 is 0 Å². The van der Waals surface area contributed by atoms with E-state index in [1.807, 2.05) is 0 Å². The number of carboxylic acids is 1. The van der Waals surface area contributed by atoms with E-state index in [0.717, 1.165) is 12.8 Å². The van der Waals surface area contributed by atoms with Gasteiger partial charge >= 0.3 is 5.97 Å². The lowest BCUT2D eigenvalue weighted by atomic mass is 9.98. The third kappa shape index (κ3) is 11.8. The van der Waals surface area contributed by atoms with Crippen LogP contribution in [0.1, 0.15) is 52.4 Å². The summed E-state index contributed by atoms with van der Waals surface area (Å²) in [6.45, 7) is 4.39. The van der Waals surface area contributed by atoms with E-state index < -0.39 is 5.97 Å². The molecule has 0 saturated carbocycles. The van der Waals surface area contributed by atoms with Gasteiger partial charge in [-0.2, -0.15) is 0 Å². The van der Waals surface area contributed by atoms with Crippen molar-refractivity contribution in [2.45, 2.75) is 52.4 Å². The second-order valence-corrected chi connectivity index (χ2v) is 3.53. The Bertz CT molecular complexity index is 126. The molecule has 1 N–H and O–H groups in total. The van der Waals surface area contributed by atoms with Crippen molar-refractivity contribution in [2.75, 3.05) is 0 Å². The molecule has 0 aliphatic rings. The third-order valence-electron chi connectivity index (χ3n) is 2.14. The van der Waals surface area contributed by atoms with Gasteiger partial charge in [0.15, 0.2) is 0 Å². The Morgan fingerprint density at radius 3 is 2.31 bits per heavy atom. The Labute approximate surface area is 87.1 Å². The van der Waals surface area contributed by atoms with E-state index in [2.05, 4.69) is 13.8 Å². The smallest absolute Gasteiger partial charge is 0.303 e. The summed E-state index contributed by atoms with van der Waals surface area (Å²) in [6, 6.07) is 0. The van der Waals surface area contributed by atoms with Crippen LogP contribution in [0, 0.1) is 5.92 Å². The first-order valence-electron chi connectivity index (χ1n) is 4.88. The highest BCUT2D eigenvalue weighted by Crippen LogP contribution is 2.14. The molecule has 0 aliphatic carbocycles. The van der Waals surface area contributed by atoms with Gasteiger partial charge in [-0.05, 0) is 12.3 Å². The van der Waals surface area contributed by atoms with Crippen molar-refractivity contribution in [3.8, 4) is 0 Å². The highest BCUT2D eigenvalue weighted by molar-refractivity contribution is 5.85. The molecule has 0 amide bonds. The first-order chi connectivity index (χ1) is 5.66. The molecule has 0 spiro atoms. The van der Waals surface area contributed by atoms with Crippen molar-refractivity contribution in [1.29, 1.82) is 0 Å². The number of unbranched alkanes of at least 4 members (excludes halogenated alkanes) is 1. The summed E-state index contributed by atoms with van der Waals surface area (Å²) in [5, 5.41) is 8.40. The van der Waals surface area contributed by atoms with E-state index in [9.17, 15) is 4.79 Å². The fraction of sp³-hybridized carbons (Fsp3) is 0.900. The number of carbonyl (C=O) groups is 1. The van der Waals surface area contributed by atoms with Crippen molar-refractivity contribution in [1.82, 2.24) is 0 Å². The van der Waals surface area contributed by atoms with Crippen molar-refractivity contribution >= 4 is 18.4 Å². The molecule has 3 heteroatoms. The van der Waals surface area contributed by atoms with Crippen LogP contribution in [-0.2, 0) is 4.79 Å². The second kappa shape index (κ2) is 9.85. The van der Waals surface area contributed by atoms with Gasteiger partial charge in [-0.15, -0.1) is 12.4 Å². The highest BCUT2D eigenvalue weighted by Gasteiger charge is 2.02. The first-order valence-corrected chi connectivity index (χ1v) is 4.88. The maximum atomic E-state index is 10.2. The van der Waals surface area contributed by atoms with Gasteiger partial charge in [0.25, 0.3) is 0 Å². The molecule has 0 heterocycles. The van der Waals surface area contributed by atoms with Crippen LogP contribution in [0.2, 0.25) is 0 Å². The fourth-order valence-electron chi connectivity index (χ4n) is 1.30. The number of rotatable bonds is 7. The molecule has 13 heavy (non-hydrogen) atoms. The molecule has 1 atom stereocenters. The van der Waals surface area contributed by atoms with Crippen LogP contribution in [0.3, 0.4) is 0 Å². The molecule has 1 unspecified atom stereocenters. The Morgan fingerprint density at radius 1 is 1.31 bits per heavy atom. The molecule has 0 aromatic rings. The fourth-order valence-corrected chi connectivity index (χ4v) is 1.30. The summed E-state index contributed by atoms with van der Waals surface area (Å²) in [7, 11) is 0. The minimum Gasteiger partial charge on any atom is -0.481 e. The van der Waals surface area contributed by atoms with Crippen molar-refractivity contribution < 1.29 is 9.90 Å². The van der Waals surface area contributed by atoms with Gasteiger partial charge < -0.3 is 5.11 Å². The number of hydrogen-bond donors (Lipinski definition) is 1. The second-order valence-electron chi connectivity index (χ2n) is 3.53. The largest absolute Gasteiger partial charge is 0.481 e. The van der Waals surface area contributed by atoms with Gasteiger partial charge in [-0.3, -0.25) is 4.79 Å². The van der Waals surface area contributed by atoms with Crippen LogP contribution in [0.5, 0.6) is 0 Å². The quantitative estimate of drug-likeness (QED) is 0.696. The van der Waals surface area contributed by atoms with Gasteiger partial charge in [0, 0.05) is 6.42 Å². The Morgan fingerprint density at radius 2 is 1.85 bits per heavy atom. The van der Waals surface area contributed by atoms with Crippen molar-refractivity contribution in [3.05, 3.63) is 0 Å². The Balaban J connectivity index is 0. The Kier molecular flexibility index (Phi) is 11.5. The molecular weight excluding hydrogens is 188 g/mol. The number of halogens is 1. The summed E-state index contributed by atoms with van der Waals surface area (Å²) in [4.78, 5) is 10.2. The summed E-state index contributed by atoms with van der Waals surface area (Å²) in [5.41, 5.74) is 0. The molecule has 2 nitrogen and oxygen atoms in total. The number of aliphatic carboxylic acids is 1. The van der Waals surface area contributed by atoms with E-state index in [1.54, 1.807) is 0 Å². The highest BCUT2D eigenvalue weighted by atomic mass is 35.5. The standard InChI is InChI=1S/C10H20O2.ClH/c1-3-4-6-9(2)7-5-8-10(11)12;/h9H,3-8H2,1-2H3,(H,11,12);1H. The number of hydrogen-bond acceptors (Lipinski definition) is 1. The normalized spacial score (nSPS) is 11.8. The van der Waals surface area contributed by atoms with Gasteiger partial charge in [0.05, 0.1) is 0 Å². The zero-order valence-electron chi connectivity index (χ0n) is 8.58. The molecule has 0 fully saturated rings. The van der Waals surface area contributed by atoms with Crippen LogP contribution in [-0.4, -0.2) is 11.1 Å². The molecule has 0 radical (unpaired) electrons. The summed E-state index contributed by atoms with van der Waals surface area (Å²) < 4.78 is 0. The van der Waals surface area contributed by atoms with E-state index >= 15 is 0 Å². The zero-order valence-corrected chi connectivity index (χ0v) is 9.40. The van der Waals surface area contributed by atoms with Gasteiger partial charge in [0.1, 0.15) is 0 Å². The van der Waals surface area contributed by atoms with Gasteiger partial charge in [0.2, 0.25) is 0 Å². The maximum Gasteiger partial charge on any atom is 0.303 e. The van der Waals surface area contributed by atoms with Crippen molar-refractivity contribution in [2.24, 2.45) is 5.92 Å². The van der Waals surface area contributed by atoms with E-state index in [4.69, 9.17) is 5.11 Å². The molecule has 0 aromatic carbocycles. The Hall–Kier alpha value is -0.240. The minimum atomic E-state index is -0.669. The average Bonchev–Trinajstić information content (AvgIpc) is 2.00. The maximum absolute atomic E-state index is 10.2. The predicted molar refractivity (Wildman–Crippen MR) is 57.4 cm³/mol. The molecule has 80 valence electrons. The summed E-state index contributed by atoms with van der Waals surface area (Å²) in [5.74, 6) is 0.0296. The zero-order chi connectivity index (χ0) is 9.40. The third-order valence-corrected chi connectivity index (χ3v) is 2.14. The minimum absolute atomic E-state index is 0. The SMILES string of the molecule is CCCCC(C)CCCC(=O)O.Cl. The average molecular weight is 209 g/mol. The monoisotopic (exact) mass is 208 g/mol. The van der Waals surface area contributed by atoms with Crippen LogP contribution in [0.15, 0.2) is 0 Å². The van der Waals surface area contributed by atoms with E-state index in [-0.39, 0.29) is 12.4 Å². The van der Waals surface area contributed by atoms with Crippen LogP contribution in [0.4, 0.5) is 0 Å². The van der Waals surface area contributed by atoms with E-state index in [0.29, 0.717) is 12.3 Å². The topological polar surface area (TPSA) is 37.3 Å². The van der Waals surface area contributed by atoms with Gasteiger partial charge in [-0.25, -0.2) is 0 Å². The molecule has 0 bridgehead atoms. The molecule has 0 aromatic heterocycles. The van der Waals surface area contributed by atoms with Crippen molar-refractivity contribution in [3.63, 3.8) is 0 Å². The van der Waals surface area contributed by atoms with Crippen LogP contribution in [0.25, 0.3) is 0 Å². The predicted octanol–water partition coefficient (Wildman–Crippen LogP) is 3.49. The lowest BCUT2D eigenvalue weighted by Gasteiger charge is -2.08. The lowest BCUT2D eigenvalue weighted by Crippen LogP contribution is -1.98. The van der Waals surface area contributed by atoms with E-state index in [1.165, 1.54) is 19.3 Å². The summed E-state index contributed by atoms with van der Waals surface area (Å²) in [6.07, 6.45) is 5.98. The van der Waals surface area contributed by atoms with Crippen LogP contribution >= 0.6 is 12.4 Å². The lowest BCUT2D eigenvalue weighted by molar-refractivity contribution is -0.137. The van der Waals surface area contributed by atoms with Gasteiger partial charge in [-0.1, -0.05) is 39.5 Å². The molecular formula is C10H21ClO2. The number of carboxylic acid groups (broad SMARTS) is 1. The first kappa shape index (κ1) is 15.2. The molecule has 0 rings (SSSR count). The molecule has 0 aliphatic heterocycles. The molecule has 0 saturated heterocycles. The summed E-state index contributed by atoms with van der Waals surface area (Å²) >= 11 is 0.